The molecule has 3 rings (SSSR count). The first-order valence-electron chi connectivity index (χ1n) is 8.54. The molecular weight excluding hydrogens is 352 g/mol. The molecule has 0 radical (unpaired) electrons. The first kappa shape index (κ1) is 18.4. The van der Waals surface area contributed by atoms with Crippen LogP contribution < -0.4 is 14.4 Å². The number of hydrogen-bond acceptors (Lipinski definition) is 4. The number of fused-ring (bicyclic) bond motifs is 1. The Hall–Kier alpha value is -2.38. The van der Waals surface area contributed by atoms with Crippen LogP contribution in [0.25, 0.3) is 0 Å². The van der Waals surface area contributed by atoms with Gasteiger partial charge in [-0.25, -0.2) is 13.1 Å². The maximum atomic E-state index is 12.6. The molecule has 0 aliphatic carbocycles. The number of hydrogen-bond donors (Lipinski definition) is 1. The SMILES string of the molecule is CCc1ccccc1OCC(=O)N1CCc2cc(S(=O)(=O)NC)ccc21. The molecule has 1 aliphatic heterocycles. The van der Waals surface area contributed by atoms with Crippen LogP contribution in [0.3, 0.4) is 0 Å². The topological polar surface area (TPSA) is 75.7 Å². The predicted octanol–water partition coefficient (Wildman–Crippen LogP) is 2.13. The zero-order valence-corrected chi connectivity index (χ0v) is 15.7. The summed E-state index contributed by atoms with van der Waals surface area (Å²) in [5.74, 6) is 0.581. The van der Waals surface area contributed by atoms with Gasteiger partial charge in [-0.1, -0.05) is 25.1 Å². The van der Waals surface area contributed by atoms with E-state index in [1.807, 2.05) is 31.2 Å². The summed E-state index contributed by atoms with van der Waals surface area (Å²) in [5, 5.41) is 0. The molecule has 0 bridgehead atoms. The van der Waals surface area contributed by atoms with E-state index >= 15 is 0 Å². The highest BCUT2D eigenvalue weighted by molar-refractivity contribution is 7.89. The molecule has 0 spiro atoms. The number of carbonyl (C=O) groups excluding carboxylic acids is 1. The molecule has 1 N–H and O–H groups in total. The highest BCUT2D eigenvalue weighted by Crippen LogP contribution is 2.30. The lowest BCUT2D eigenvalue weighted by atomic mass is 10.1. The van der Waals surface area contributed by atoms with Crippen molar-refractivity contribution in [2.24, 2.45) is 0 Å². The number of benzene rings is 2. The lowest BCUT2D eigenvalue weighted by molar-refractivity contribution is -0.120. The van der Waals surface area contributed by atoms with Gasteiger partial charge in [-0.2, -0.15) is 0 Å². The Labute approximate surface area is 153 Å². The number of para-hydroxylation sites is 1. The number of aryl methyl sites for hydroxylation is 1. The normalized spacial score (nSPS) is 13.5. The van der Waals surface area contributed by atoms with Crippen LogP contribution in [-0.2, 0) is 27.7 Å². The van der Waals surface area contributed by atoms with Gasteiger partial charge in [-0.3, -0.25) is 4.79 Å². The molecular formula is C19H22N2O4S. The molecule has 1 amide bonds. The van der Waals surface area contributed by atoms with Crippen molar-refractivity contribution < 1.29 is 17.9 Å². The van der Waals surface area contributed by atoms with Crippen molar-refractivity contribution >= 4 is 21.6 Å². The van der Waals surface area contributed by atoms with Crippen molar-refractivity contribution in [3.63, 3.8) is 0 Å². The van der Waals surface area contributed by atoms with E-state index in [0.29, 0.717) is 13.0 Å². The zero-order valence-electron chi connectivity index (χ0n) is 14.9. The molecule has 0 saturated carbocycles. The number of ether oxygens (including phenoxy) is 1. The molecule has 7 heteroatoms. The number of nitrogens with zero attached hydrogens (tertiary/aromatic N) is 1. The summed E-state index contributed by atoms with van der Waals surface area (Å²) in [5.41, 5.74) is 2.66. The van der Waals surface area contributed by atoms with Crippen molar-refractivity contribution in [1.29, 1.82) is 0 Å². The quantitative estimate of drug-likeness (QED) is 0.840. The van der Waals surface area contributed by atoms with Crippen molar-refractivity contribution in [3.05, 3.63) is 53.6 Å². The third-order valence-electron chi connectivity index (χ3n) is 4.53. The van der Waals surface area contributed by atoms with Crippen LogP contribution in [0.15, 0.2) is 47.4 Å². The second kappa shape index (κ2) is 7.47. The van der Waals surface area contributed by atoms with Gasteiger partial charge >= 0.3 is 0 Å². The Balaban J connectivity index is 1.73. The Kier molecular flexibility index (Phi) is 5.29. The first-order chi connectivity index (χ1) is 12.5. The largest absolute Gasteiger partial charge is 0.483 e. The van der Waals surface area contributed by atoms with Gasteiger partial charge in [0, 0.05) is 12.2 Å². The lowest BCUT2D eigenvalue weighted by Crippen LogP contribution is -2.33. The van der Waals surface area contributed by atoms with Crippen LogP contribution >= 0.6 is 0 Å². The number of sulfonamides is 1. The minimum Gasteiger partial charge on any atom is -0.483 e. The summed E-state index contributed by atoms with van der Waals surface area (Å²) < 4.78 is 31.9. The average molecular weight is 374 g/mol. The van der Waals surface area contributed by atoms with E-state index < -0.39 is 10.0 Å². The van der Waals surface area contributed by atoms with Gasteiger partial charge in [-0.05, 0) is 55.3 Å². The molecule has 2 aromatic carbocycles. The number of nitrogens with one attached hydrogen (secondary N) is 1. The molecule has 0 atom stereocenters. The summed E-state index contributed by atoms with van der Waals surface area (Å²) in [6.07, 6.45) is 1.46. The molecule has 2 aromatic rings. The maximum Gasteiger partial charge on any atom is 0.264 e. The summed E-state index contributed by atoms with van der Waals surface area (Å²) in [6, 6.07) is 12.5. The standard InChI is InChI=1S/C19H22N2O4S/c1-3-14-6-4-5-7-18(14)25-13-19(22)21-11-10-15-12-16(8-9-17(15)21)26(23,24)20-2/h4-9,12,20H,3,10-11,13H2,1-2H3. The predicted molar refractivity (Wildman–Crippen MR) is 100 cm³/mol. The van der Waals surface area contributed by atoms with E-state index in [2.05, 4.69) is 4.72 Å². The van der Waals surface area contributed by atoms with E-state index in [0.717, 1.165) is 29.0 Å². The number of anilines is 1. The number of amides is 1. The van der Waals surface area contributed by atoms with Crippen LogP contribution in [0.2, 0.25) is 0 Å². The molecule has 0 aromatic heterocycles. The molecule has 6 nitrogen and oxygen atoms in total. The van der Waals surface area contributed by atoms with Gasteiger partial charge in [-0.15, -0.1) is 0 Å². The fourth-order valence-corrected chi connectivity index (χ4v) is 3.86. The highest BCUT2D eigenvalue weighted by Gasteiger charge is 2.26. The van der Waals surface area contributed by atoms with Crippen molar-refractivity contribution in [3.8, 4) is 5.75 Å². The summed E-state index contributed by atoms with van der Waals surface area (Å²) in [6.45, 7) is 2.51. The highest BCUT2D eigenvalue weighted by atomic mass is 32.2. The fourth-order valence-electron chi connectivity index (χ4n) is 3.08. The maximum absolute atomic E-state index is 12.6. The second-order valence-electron chi connectivity index (χ2n) is 6.04. The average Bonchev–Trinajstić information content (AvgIpc) is 3.09. The van der Waals surface area contributed by atoms with E-state index in [9.17, 15) is 13.2 Å². The van der Waals surface area contributed by atoms with Gasteiger partial charge in [0.1, 0.15) is 5.75 Å². The zero-order chi connectivity index (χ0) is 18.7. The van der Waals surface area contributed by atoms with Crippen LogP contribution in [0.1, 0.15) is 18.1 Å². The van der Waals surface area contributed by atoms with Gasteiger partial charge in [0.05, 0.1) is 4.90 Å². The Morgan fingerprint density at radius 1 is 1.23 bits per heavy atom. The smallest absolute Gasteiger partial charge is 0.264 e. The van der Waals surface area contributed by atoms with Gasteiger partial charge < -0.3 is 9.64 Å². The van der Waals surface area contributed by atoms with E-state index in [1.165, 1.54) is 13.1 Å². The minimum atomic E-state index is -3.49. The third-order valence-corrected chi connectivity index (χ3v) is 5.94. The summed E-state index contributed by atoms with van der Waals surface area (Å²) in [4.78, 5) is 14.5. The molecule has 138 valence electrons. The molecule has 0 saturated heterocycles. The van der Waals surface area contributed by atoms with Crippen LogP contribution in [-0.4, -0.2) is 34.5 Å². The van der Waals surface area contributed by atoms with Crippen molar-refractivity contribution in [2.45, 2.75) is 24.7 Å². The third kappa shape index (κ3) is 3.59. The molecule has 0 unspecified atom stereocenters. The van der Waals surface area contributed by atoms with Crippen molar-refractivity contribution in [1.82, 2.24) is 4.72 Å². The summed E-state index contributed by atoms with van der Waals surface area (Å²) in [7, 11) is -2.11. The van der Waals surface area contributed by atoms with E-state index in [4.69, 9.17) is 4.74 Å². The fraction of sp³-hybridized carbons (Fsp3) is 0.316. The number of rotatable bonds is 6. The molecule has 26 heavy (non-hydrogen) atoms. The number of carbonyl (C=O) groups is 1. The van der Waals surface area contributed by atoms with Crippen molar-refractivity contribution in [2.75, 3.05) is 25.1 Å². The summed E-state index contributed by atoms with van der Waals surface area (Å²) >= 11 is 0. The van der Waals surface area contributed by atoms with Crippen LogP contribution in [0.4, 0.5) is 5.69 Å². The Morgan fingerprint density at radius 3 is 2.73 bits per heavy atom. The van der Waals surface area contributed by atoms with E-state index in [1.54, 1.807) is 17.0 Å². The Bertz CT molecular complexity index is 925. The monoisotopic (exact) mass is 374 g/mol. The van der Waals surface area contributed by atoms with E-state index in [-0.39, 0.29) is 17.4 Å². The Morgan fingerprint density at radius 2 is 2.00 bits per heavy atom. The van der Waals surface area contributed by atoms with Crippen LogP contribution in [0.5, 0.6) is 5.75 Å². The van der Waals surface area contributed by atoms with Gasteiger partial charge in [0.2, 0.25) is 10.0 Å². The lowest BCUT2D eigenvalue weighted by Gasteiger charge is -2.18. The van der Waals surface area contributed by atoms with Gasteiger partial charge in [0.15, 0.2) is 6.61 Å². The molecule has 1 aliphatic rings. The minimum absolute atomic E-state index is 0.0486. The molecule has 0 fully saturated rings. The van der Waals surface area contributed by atoms with Gasteiger partial charge in [0.25, 0.3) is 5.91 Å². The second-order valence-corrected chi connectivity index (χ2v) is 7.93. The molecule has 1 heterocycles. The first-order valence-corrected chi connectivity index (χ1v) is 10.0. The van der Waals surface area contributed by atoms with Crippen LogP contribution in [0, 0.1) is 0 Å².